The van der Waals surface area contributed by atoms with Crippen LogP contribution in [0.5, 0.6) is 0 Å². The molecule has 0 bridgehead atoms. The van der Waals surface area contributed by atoms with E-state index in [1.807, 2.05) is 6.07 Å². The molecule has 0 radical (unpaired) electrons. The average Bonchev–Trinajstić information content (AvgIpc) is 2.77. The third kappa shape index (κ3) is 3.67. The number of allylic oxidation sites excluding steroid dienone is 1. The predicted octanol–water partition coefficient (Wildman–Crippen LogP) is 3.35. The van der Waals surface area contributed by atoms with E-state index < -0.39 is 17.9 Å². The van der Waals surface area contributed by atoms with E-state index in [-0.39, 0.29) is 22.7 Å². The molecule has 2 aromatic carbocycles. The minimum Gasteiger partial charge on any atom is -0.466 e. The Morgan fingerprint density at radius 3 is 2.30 bits per heavy atom. The van der Waals surface area contributed by atoms with Crippen molar-refractivity contribution >= 4 is 33.6 Å². The van der Waals surface area contributed by atoms with E-state index in [0.717, 1.165) is 4.47 Å². The summed E-state index contributed by atoms with van der Waals surface area (Å²) in [6.07, 6.45) is 0. The minimum absolute atomic E-state index is 0.0255. The zero-order valence-corrected chi connectivity index (χ0v) is 17.8. The van der Waals surface area contributed by atoms with Crippen molar-refractivity contribution in [1.82, 2.24) is 0 Å². The van der Waals surface area contributed by atoms with E-state index in [1.165, 1.54) is 19.1 Å². The summed E-state index contributed by atoms with van der Waals surface area (Å²) in [5.41, 5.74) is 7.49. The molecule has 7 nitrogen and oxygen atoms in total. The maximum atomic E-state index is 12.9. The van der Waals surface area contributed by atoms with Gasteiger partial charge in [0, 0.05) is 10.2 Å². The number of nitrogens with zero attached hydrogens (tertiary/aromatic N) is 2. The van der Waals surface area contributed by atoms with Gasteiger partial charge in [0.2, 0.25) is 0 Å². The number of halogens is 1. The van der Waals surface area contributed by atoms with Gasteiger partial charge < -0.3 is 15.2 Å². The number of ether oxygens (including phenoxy) is 2. The molecule has 1 aliphatic heterocycles. The lowest BCUT2D eigenvalue weighted by atomic mass is 9.81. The zero-order chi connectivity index (χ0) is 21.8. The highest BCUT2D eigenvalue weighted by atomic mass is 79.9. The fraction of sp³-hybridized carbons (Fsp3) is 0.136. The highest BCUT2D eigenvalue weighted by molar-refractivity contribution is 9.10. The first-order valence-corrected chi connectivity index (χ1v) is 9.65. The maximum absolute atomic E-state index is 12.9. The van der Waals surface area contributed by atoms with Gasteiger partial charge >= 0.3 is 11.9 Å². The first kappa shape index (κ1) is 21.1. The Labute approximate surface area is 182 Å². The van der Waals surface area contributed by atoms with Crippen LogP contribution < -0.4 is 10.6 Å². The Morgan fingerprint density at radius 1 is 1.07 bits per heavy atom. The molecule has 1 atom stereocenters. The number of rotatable bonds is 4. The number of nitriles is 1. The molecule has 2 N–H and O–H groups in total. The number of benzene rings is 2. The van der Waals surface area contributed by atoms with Gasteiger partial charge in [-0.1, -0.05) is 52.3 Å². The number of methoxy groups -OCH3 is 2. The summed E-state index contributed by atoms with van der Waals surface area (Å²) in [5, 5.41) is 9.95. The topological polar surface area (TPSA) is 106 Å². The molecule has 30 heavy (non-hydrogen) atoms. The average molecular weight is 468 g/mol. The SMILES string of the molecule is COC(=O)C1=C(C(=O)OC)N(c2cccc(Br)c2)C(N)=C(C#N)C1c1ccccc1. The molecule has 0 aromatic heterocycles. The number of anilines is 1. The molecule has 0 saturated carbocycles. The van der Waals surface area contributed by atoms with E-state index in [4.69, 9.17) is 15.2 Å². The monoisotopic (exact) mass is 467 g/mol. The van der Waals surface area contributed by atoms with Crippen molar-refractivity contribution in [2.75, 3.05) is 19.1 Å². The summed E-state index contributed by atoms with van der Waals surface area (Å²) in [4.78, 5) is 27.1. The second kappa shape index (κ2) is 8.84. The number of nitrogens with two attached hydrogens (primary N) is 1. The van der Waals surface area contributed by atoms with Crippen LogP contribution in [0, 0.1) is 11.3 Å². The molecule has 152 valence electrons. The number of hydrogen-bond acceptors (Lipinski definition) is 7. The van der Waals surface area contributed by atoms with Crippen molar-refractivity contribution in [3.63, 3.8) is 0 Å². The van der Waals surface area contributed by atoms with Crippen LogP contribution in [-0.4, -0.2) is 26.2 Å². The highest BCUT2D eigenvalue weighted by Crippen LogP contribution is 2.43. The van der Waals surface area contributed by atoms with Gasteiger partial charge in [0.05, 0.1) is 37.4 Å². The lowest BCUT2D eigenvalue weighted by Crippen LogP contribution is -2.40. The molecule has 0 fully saturated rings. The summed E-state index contributed by atoms with van der Waals surface area (Å²) in [6.45, 7) is 0. The number of carbonyl (C=O) groups is 2. The maximum Gasteiger partial charge on any atom is 0.355 e. The highest BCUT2D eigenvalue weighted by Gasteiger charge is 2.42. The molecular weight excluding hydrogens is 450 g/mol. The van der Waals surface area contributed by atoms with Gasteiger partial charge in [0.1, 0.15) is 11.5 Å². The quantitative estimate of drug-likeness (QED) is 0.687. The standard InChI is InChI=1S/C22H18BrN3O4/c1-29-21(27)18-17(13-7-4-3-5-8-13)16(12-24)20(25)26(19(18)22(28)30-2)15-10-6-9-14(23)11-15/h3-11,17H,25H2,1-2H3. The Balaban J connectivity index is 2.41. The van der Waals surface area contributed by atoms with Crippen molar-refractivity contribution < 1.29 is 19.1 Å². The fourth-order valence-electron chi connectivity index (χ4n) is 3.40. The summed E-state index contributed by atoms with van der Waals surface area (Å²) >= 11 is 3.39. The van der Waals surface area contributed by atoms with Crippen LogP contribution in [0.2, 0.25) is 0 Å². The molecule has 2 aromatic rings. The summed E-state index contributed by atoms with van der Waals surface area (Å²) < 4.78 is 10.7. The van der Waals surface area contributed by atoms with E-state index >= 15 is 0 Å². The zero-order valence-electron chi connectivity index (χ0n) is 16.3. The van der Waals surface area contributed by atoms with Crippen molar-refractivity contribution in [3.05, 3.63) is 87.3 Å². The van der Waals surface area contributed by atoms with Gasteiger partial charge in [-0.2, -0.15) is 5.26 Å². The van der Waals surface area contributed by atoms with Crippen LogP contribution in [0.4, 0.5) is 5.69 Å². The lowest BCUT2D eigenvalue weighted by Gasteiger charge is -2.35. The molecule has 3 rings (SSSR count). The van der Waals surface area contributed by atoms with E-state index in [0.29, 0.717) is 11.3 Å². The number of hydrogen-bond donors (Lipinski definition) is 1. The van der Waals surface area contributed by atoms with Crippen molar-refractivity contribution in [2.24, 2.45) is 5.73 Å². The third-order valence-electron chi connectivity index (χ3n) is 4.68. The fourth-order valence-corrected chi connectivity index (χ4v) is 3.78. The summed E-state index contributed by atoms with van der Waals surface area (Å²) in [7, 11) is 2.42. The van der Waals surface area contributed by atoms with Gasteiger partial charge in [0.15, 0.2) is 0 Å². The van der Waals surface area contributed by atoms with Crippen molar-refractivity contribution in [1.29, 1.82) is 5.26 Å². The third-order valence-corrected chi connectivity index (χ3v) is 5.17. The lowest BCUT2D eigenvalue weighted by molar-refractivity contribution is -0.139. The number of esters is 2. The first-order valence-electron chi connectivity index (χ1n) is 8.85. The molecule has 1 unspecified atom stereocenters. The second-order valence-corrected chi connectivity index (χ2v) is 7.23. The van der Waals surface area contributed by atoms with Gasteiger partial charge in [-0.3, -0.25) is 4.90 Å². The first-order chi connectivity index (χ1) is 14.4. The van der Waals surface area contributed by atoms with E-state index in [2.05, 4.69) is 22.0 Å². The van der Waals surface area contributed by atoms with E-state index in [9.17, 15) is 14.9 Å². The van der Waals surface area contributed by atoms with Gasteiger partial charge in [-0.25, -0.2) is 9.59 Å². The summed E-state index contributed by atoms with van der Waals surface area (Å²) in [6, 6.07) is 17.9. The molecule has 0 spiro atoms. The molecule has 0 saturated heterocycles. The van der Waals surface area contributed by atoms with Crippen molar-refractivity contribution in [3.8, 4) is 6.07 Å². The van der Waals surface area contributed by atoms with Crippen LogP contribution in [0.25, 0.3) is 0 Å². The Kier molecular flexibility index (Phi) is 6.23. The van der Waals surface area contributed by atoms with E-state index in [1.54, 1.807) is 48.5 Å². The van der Waals surface area contributed by atoms with Crippen molar-refractivity contribution in [2.45, 2.75) is 5.92 Å². The van der Waals surface area contributed by atoms with Crippen LogP contribution >= 0.6 is 15.9 Å². The minimum atomic E-state index is -0.888. The van der Waals surface area contributed by atoms with Gasteiger partial charge in [0.25, 0.3) is 0 Å². The molecule has 8 heteroatoms. The molecule has 1 heterocycles. The summed E-state index contributed by atoms with van der Waals surface area (Å²) in [5.74, 6) is -2.40. The normalized spacial score (nSPS) is 16.2. The second-order valence-electron chi connectivity index (χ2n) is 6.32. The smallest absolute Gasteiger partial charge is 0.355 e. The largest absolute Gasteiger partial charge is 0.466 e. The molecular formula is C22H18BrN3O4. The Hall–Kier alpha value is -3.57. The van der Waals surface area contributed by atoms with Gasteiger partial charge in [-0.05, 0) is 23.8 Å². The van der Waals surface area contributed by atoms with Crippen LogP contribution in [-0.2, 0) is 19.1 Å². The predicted molar refractivity (Wildman–Crippen MR) is 114 cm³/mol. The van der Waals surface area contributed by atoms with Crippen LogP contribution in [0.1, 0.15) is 11.5 Å². The van der Waals surface area contributed by atoms with Crippen LogP contribution in [0.15, 0.2) is 81.7 Å². The number of carbonyl (C=O) groups excluding carboxylic acids is 2. The molecule has 0 amide bonds. The Bertz CT molecular complexity index is 1100. The Morgan fingerprint density at radius 2 is 1.73 bits per heavy atom. The van der Waals surface area contributed by atoms with Gasteiger partial charge in [-0.15, -0.1) is 0 Å². The molecule has 0 aliphatic carbocycles. The van der Waals surface area contributed by atoms with Crippen LogP contribution in [0.3, 0.4) is 0 Å². The molecule has 1 aliphatic rings.